The van der Waals surface area contributed by atoms with Gasteiger partial charge in [0.15, 0.2) is 0 Å². The summed E-state index contributed by atoms with van der Waals surface area (Å²) >= 11 is 0. The van der Waals surface area contributed by atoms with Crippen molar-refractivity contribution >= 4 is 27.6 Å². The number of benzene rings is 3. The van der Waals surface area contributed by atoms with Crippen LogP contribution < -0.4 is 4.31 Å². The van der Waals surface area contributed by atoms with Crippen LogP contribution in [0.2, 0.25) is 0 Å². The molecule has 0 aliphatic heterocycles. The zero-order valence-corrected chi connectivity index (χ0v) is 17.6. The summed E-state index contributed by atoms with van der Waals surface area (Å²) in [7, 11) is -3.91. The molecule has 0 fully saturated rings. The van der Waals surface area contributed by atoms with E-state index in [2.05, 4.69) is 0 Å². The van der Waals surface area contributed by atoms with Gasteiger partial charge in [-0.2, -0.15) is 0 Å². The van der Waals surface area contributed by atoms with Gasteiger partial charge in [-0.05, 0) is 43.3 Å². The number of esters is 1. The fourth-order valence-electron chi connectivity index (χ4n) is 2.97. The van der Waals surface area contributed by atoms with Crippen molar-refractivity contribution in [1.82, 2.24) is 0 Å². The van der Waals surface area contributed by atoms with Crippen molar-refractivity contribution in [2.45, 2.75) is 11.8 Å². The Morgan fingerprint density at radius 3 is 2.06 bits per heavy atom. The summed E-state index contributed by atoms with van der Waals surface area (Å²) in [5, 5.41) is 9.23. The number of hydrogen-bond donors (Lipinski definition) is 1. The first kappa shape index (κ1) is 22.0. The topological polar surface area (TPSA) is 101 Å². The van der Waals surface area contributed by atoms with Crippen molar-refractivity contribution in [3.63, 3.8) is 0 Å². The molecule has 31 heavy (non-hydrogen) atoms. The van der Waals surface area contributed by atoms with Gasteiger partial charge in [-0.15, -0.1) is 0 Å². The number of sulfonamides is 1. The zero-order chi connectivity index (χ0) is 22.4. The molecule has 160 valence electrons. The molecule has 0 atom stereocenters. The molecule has 0 unspecified atom stereocenters. The lowest BCUT2D eigenvalue weighted by Crippen LogP contribution is -2.34. The number of hydrogen-bond acceptors (Lipinski definition) is 5. The van der Waals surface area contributed by atoms with Crippen LogP contribution in [0.4, 0.5) is 5.69 Å². The van der Waals surface area contributed by atoms with Crippen molar-refractivity contribution in [1.29, 1.82) is 0 Å². The molecule has 0 saturated carbocycles. The van der Waals surface area contributed by atoms with E-state index in [1.807, 2.05) is 6.92 Å². The van der Waals surface area contributed by atoms with Crippen LogP contribution in [0.1, 0.15) is 26.3 Å². The number of carbonyl (C=O) groups is 2. The van der Waals surface area contributed by atoms with Gasteiger partial charge in [-0.25, -0.2) is 18.0 Å². The normalized spacial score (nSPS) is 11.0. The zero-order valence-electron chi connectivity index (χ0n) is 16.8. The number of rotatable bonds is 8. The molecule has 1 N–H and O–H groups in total. The number of anilines is 1. The van der Waals surface area contributed by atoms with Crippen molar-refractivity contribution in [2.75, 3.05) is 17.5 Å². The van der Waals surface area contributed by atoms with E-state index in [0.29, 0.717) is 5.69 Å². The molecule has 3 rings (SSSR count). The maximum Gasteiger partial charge on any atom is 0.339 e. The van der Waals surface area contributed by atoms with Crippen molar-refractivity contribution < 1.29 is 27.9 Å². The first-order valence-corrected chi connectivity index (χ1v) is 10.9. The number of aryl methyl sites for hydroxylation is 1. The van der Waals surface area contributed by atoms with E-state index in [1.54, 1.807) is 42.5 Å². The minimum absolute atomic E-state index is 0.0948. The maximum absolute atomic E-state index is 13.2. The van der Waals surface area contributed by atoms with Gasteiger partial charge in [0.1, 0.15) is 6.61 Å². The van der Waals surface area contributed by atoms with E-state index in [0.717, 1.165) is 9.87 Å². The van der Waals surface area contributed by atoms with Crippen LogP contribution in [-0.4, -0.2) is 38.6 Å². The van der Waals surface area contributed by atoms with E-state index in [9.17, 15) is 23.1 Å². The first-order valence-electron chi connectivity index (χ1n) is 9.44. The minimum Gasteiger partial charge on any atom is -0.478 e. The third kappa shape index (κ3) is 5.10. The van der Waals surface area contributed by atoms with Gasteiger partial charge in [-0.3, -0.25) is 4.31 Å². The number of ether oxygens (including phenoxy) is 1. The van der Waals surface area contributed by atoms with E-state index in [1.165, 1.54) is 36.4 Å². The van der Waals surface area contributed by atoms with Gasteiger partial charge in [0, 0.05) is 0 Å². The van der Waals surface area contributed by atoms with Gasteiger partial charge in [0.2, 0.25) is 0 Å². The van der Waals surface area contributed by atoms with Crippen LogP contribution in [0, 0.1) is 6.92 Å². The summed E-state index contributed by atoms with van der Waals surface area (Å²) in [6, 6.07) is 20.6. The van der Waals surface area contributed by atoms with E-state index >= 15 is 0 Å². The lowest BCUT2D eigenvalue weighted by atomic mass is 10.1. The van der Waals surface area contributed by atoms with Crippen LogP contribution in [0.15, 0.2) is 83.8 Å². The predicted molar refractivity (Wildman–Crippen MR) is 116 cm³/mol. The average molecular weight is 439 g/mol. The molecule has 8 heteroatoms. The summed E-state index contributed by atoms with van der Waals surface area (Å²) in [5.74, 6) is -2.08. The number of carbonyl (C=O) groups excluding carboxylic acids is 1. The van der Waals surface area contributed by atoms with Gasteiger partial charge >= 0.3 is 11.9 Å². The Bertz CT molecular complexity index is 1170. The second kappa shape index (κ2) is 9.44. The Labute approximate surface area is 180 Å². The minimum atomic E-state index is -3.91. The van der Waals surface area contributed by atoms with Crippen LogP contribution in [-0.2, 0) is 14.8 Å². The number of para-hydroxylation sites is 1. The Hall–Kier alpha value is -3.65. The molecule has 3 aromatic rings. The Morgan fingerprint density at radius 1 is 0.871 bits per heavy atom. The highest BCUT2D eigenvalue weighted by atomic mass is 32.2. The number of aromatic carboxylic acids is 1. The second-order valence-electron chi connectivity index (χ2n) is 6.71. The molecular weight excluding hydrogens is 418 g/mol. The standard InChI is InChI=1S/C23H21NO6S/c1-17-11-13-19(14-12-17)31(28,29)24(18-7-3-2-4-8-18)15-16-30-23(27)21-10-6-5-9-20(21)22(25)26/h2-14H,15-16H2,1H3,(H,25,26). The molecule has 7 nitrogen and oxygen atoms in total. The molecule has 0 spiro atoms. The quantitative estimate of drug-likeness (QED) is 0.537. The van der Waals surface area contributed by atoms with Crippen LogP contribution in [0.25, 0.3) is 0 Å². The number of carboxylic acid groups (broad SMARTS) is 1. The fraction of sp³-hybridized carbons (Fsp3) is 0.130. The predicted octanol–water partition coefficient (Wildman–Crippen LogP) is 3.75. The Balaban J connectivity index is 1.82. The summed E-state index contributed by atoms with van der Waals surface area (Å²) in [6.07, 6.45) is 0. The van der Waals surface area contributed by atoms with Crippen LogP contribution >= 0.6 is 0 Å². The molecule has 0 aliphatic rings. The van der Waals surface area contributed by atoms with Crippen LogP contribution in [0.5, 0.6) is 0 Å². The summed E-state index contributed by atoms with van der Waals surface area (Å²) < 4.78 is 32.9. The highest BCUT2D eigenvalue weighted by Gasteiger charge is 2.25. The van der Waals surface area contributed by atoms with Gasteiger partial charge < -0.3 is 9.84 Å². The molecule has 0 aromatic heterocycles. The molecule has 0 heterocycles. The Kier molecular flexibility index (Phi) is 6.71. The second-order valence-corrected chi connectivity index (χ2v) is 8.57. The number of carboxylic acids is 1. The molecule has 0 aliphatic carbocycles. The fourth-order valence-corrected chi connectivity index (χ4v) is 4.42. The maximum atomic E-state index is 13.2. The molecule has 0 amide bonds. The monoisotopic (exact) mass is 439 g/mol. The average Bonchev–Trinajstić information content (AvgIpc) is 2.77. The smallest absolute Gasteiger partial charge is 0.339 e. The molecule has 3 aromatic carbocycles. The lowest BCUT2D eigenvalue weighted by Gasteiger charge is -2.24. The Morgan fingerprint density at radius 2 is 1.45 bits per heavy atom. The highest BCUT2D eigenvalue weighted by molar-refractivity contribution is 7.92. The summed E-state index contributed by atoms with van der Waals surface area (Å²) in [5.41, 5.74) is 1.07. The van der Waals surface area contributed by atoms with Gasteiger partial charge in [-0.1, -0.05) is 48.0 Å². The lowest BCUT2D eigenvalue weighted by molar-refractivity contribution is 0.0506. The first-order chi connectivity index (χ1) is 14.8. The van der Waals surface area contributed by atoms with E-state index in [-0.39, 0.29) is 29.2 Å². The molecule has 0 radical (unpaired) electrons. The van der Waals surface area contributed by atoms with Gasteiger partial charge in [0.25, 0.3) is 10.0 Å². The SMILES string of the molecule is Cc1ccc(S(=O)(=O)N(CCOC(=O)c2ccccc2C(=O)O)c2ccccc2)cc1. The van der Waals surface area contributed by atoms with Crippen molar-refractivity contribution in [3.8, 4) is 0 Å². The summed E-state index contributed by atoms with van der Waals surface area (Å²) in [6.45, 7) is 1.47. The molecular formula is C23H21NO6S. The van der Waals surface area contributed by atoms with Crippen molar-refractivity contribution in [3.05, 3.63) is 95.6 Å². The van der Waals surface area contributed by atoms with Gasteiger partial charge in [0.05, 0.1) is 28.3 Å². The van der Waals surface area contributed by atoms with E-state index in [4.69, 9.17) is 4.74 Å². The molecule has 0 saturated heterocycles. The molecule has 0 bridgehead atoms. The van der Waals surface area contributed by atoms with Crippen LogP contribution in [0.3, 0.4) is 0 Å². The van der Waals surface area contributed by atoms with E-state index < -0.39 is 22.0 Å². The highest BCUT2D eigenvalue weighted by Crippen LogP contribution is 2.23. The van der Waals surface area contributed by atoms with Crippen molar-refractivity contribution in [2.24, 2.45) is 0 Å². The summed E-state index contributed by atoms with van der Waals surface area (Å²) in [4.78, 5) is 23.8. The largest absolute Gasteiger partial charge is 0.478 e. The number of nitrogens with zero attached hydrogens (tertiary/aromatic N) is 1. The third-order valence-electron chi connectivity index (χ3n) is 4.56. The third-order valence-corrected chi connectivity index (χ3v) is 6.40.